The van der Waals surface area contributed by atoms with E-state index in [9.17, 15) is 24.8 Å². The maximum atomic E-state index is 13.3. The molecule has 1 aromatic heterocycles. The van der Waals surface area contributed by atoms with Crippen molar-refractivity contribution in [3.8, 4) is 5.75 Å². The lowest BCUT2D eigenvalue weighted by atomic mass is 9.94. The summed E-state index contributed by atoms with van der Waals surface area (Å²) < 4.78 is 5.81. The van der Waals surface area contributed by atoms with Gasteiger partial charge in [0, 0.05) is 36.6 Å². The Morgan fingerprint density at radius 2 is 1.95 bits per heavy atom. The molecule has 37 heavy (non-hydrogen) atoms. The third kappa shape index (κ3) is 5.35. The zero-order valence-corrected chi connectivity index (χ0v) is 20.7. The van der Waals surface area contributed by atoms with Crippen molar-refractivity contribution >= 4 is 23.1 Å². The first-order valence-corrected chi connectivity index (χ1v) is 11.8. The Hall–Kier alpha value is -4.53. The molecule has 0 saturated carbocycles. The molecule has 0 bridgehead atoms. The second kappa shape index (κ2) is 10.6. The van der Waals surface area contributed by atoms with Crippen LogP contribution in [0.3, 0.4) is 0 Å². The largest absolute Gasteiger partial charge is 0.507 e. The molecule has 1 saturated heterocycles. The predicted octanol–water partition coefficient (Wildman–Crippen LogP) is 4.95. The first kappa shape index (κ1) is 25.6. The molecule has 2 heterocycles. The summed E-state index contributed by atoms with van der Waals surface area (Å²) in [7, 11) is 0. The minimum atomic E-state index is -1.03. The number of benzene rings is 2. The van der Waals surface area contributed by atoms with Gasteiger partial charge in [-0.15, -0.1) is 0 Å². The number of aliphatic hydroxyl groups is 1. The third-order valence-corrected chi connectivity index (χ3v) is 6.03. The van der Waals surface area contributed by atoms with Crippen LogP contribution in [-0.2, 0) is 16.1 Å². The number of aryl methyl sites for hydroxylation is 1. The quantitative estimate of drug-likeness (QED) is 0.152. The Morgan fingerprint density at radius 1 is 1.16 bits per heavy atom. The number of carbonyl (C=O) groups is 2. The van der Waals surface area contributed by atoms with Crippen LogP contribution in [-0.4, -0.2) is 38.2 Å². The van der Waals surface area contributed by atoms with E-state index in [4.69, 9.17) is 4.74 Å². The minimum Gasteiger partial charge on any atom is -0.507 e. The first-order valence-electron chi connectivity index (χ1n) is 11.8. The SMILES string of the molecule is Cc1cc(/C(O)=C2\C(=O)C(=O)N(Cc3cccnc3)[C@H]2c2cccc([N+](=O)[O-])c2)ccc1OCC(C)C. The fraction of sp³-hybridized carbons (Fsp3) is 0.250. The number of rotatable bonds is 8. The van der Waals surface area contributed by atoms with Gasteiger partial charge in [0.2, 0.25) is 0 Å². The summed E-state index contributed by atoms with van der Waals surface area (Å²) in [5.74, 6) is -1.05. The highest BCUT2D eigenvalue weighted by Gasteiger charge is 2.46. The molecule has 190 valence electrons. The molecule has 4 rings (SSSR count). The number of carbonyl (C=O) groups excluding carboxylic acids is 2. The van der Waals surface area contributed by atoms with Gasteiger partial charge >= 0.3 is 0 Å². The standard InChI is InChI=1S/C28H27N3O6/c1-17(2)16-37-23-10-9-21(12-18(23)3)26(32)24-25(20-7-4-8-22(13-20)31(35)36)30(28(34)27(24)33)15-19-6-5-11-29-14-19/h4-14,17,25,32H,15-16H2,1-3H3/b26-24+/t25-/m0/s1. The van der Waals surface area contributed by atoms with Crippen molar-refractivity contribution in [3.05, 3.63) is 105 Å². The van der Waals surface area contributed by atoms with Crippen LogP contribution in [0.1, 0.15) is 42.1 Å². The maximum Gasteiger partial charge on any atom is 0.295 e. The summed E-state index contributed by atoms with van der Waals surface area (Å²) in [4.78, 5) is 42.7. The van der Waals surface area contributed by atoms with E-state index in [0.29, 0.717) is 35.0 Å². The van der Waals surface area contributed by atoms with Gasteiger partial charge in [0.05, 0.1) is 23.1 Å². The number of likely N-dealkylation sites (tertiary alicyclic amines) is 1. The minimum absolute atomic E-state index is 0.0313. The van der Waals surface area contributed by atoms with Crippen molar-refractivity contribution in [3.63, 3.8) is 0 Å². The van der Waals surface area contributed by atoms with Gasteiger partial charge in [-0.3, -0.25) is 24.7 Å². The lowest BCUT2D eigenvalue weighted by Gasteiger charge is -2.25. The summed E-state index contributed by atoms with van der Waals surface area (Å²) in [5, 5.41) is 22.8. The van der Waals surface area contributed by atoms with Crippen LogP contribution < -0.4 is 4.74 Å². The van der Waals surface area contributed by atoms with Gasteiger partial charge < -0.3 is 14.7 Å². The number of pyridine rings is 1. The molecule has 0 radical (unpaired) electrons. The van der Waals surface area contributed by atoms with Crippen LogP contribution in [0.25, 0.3) is 5.76 Å². The number of nitrogens with zero attached hydrogens (tertiary/aromatic N) is 3. The molecule has 2 aromatic carbocycles. The number of nitro groups is 1. The van der Waals surface area contributed by atoms with Gasteiger partial charge in [-0.1, -0.05) is 32.0 Å². The molecule has 1 fully saturated rings. The van der Waals surface area contributed by atoms with Gasteiger partial charge in [0.1, 0.15) is 11.5 Å². The Balaban J connectivity index is 1.83. The van der Waals surface area contributed by atoms with Crippen LogP contribution >= 0.6 is 0 Å². The number of aliphatic hydroxyl groups excluding tert-OH is 1. The Kier molecular flexibility index (Phi) is 7.33. The monoisotopic (exact) mass is 501 g/mol. The molecule has 1 aliphatic rings. The van der Waals surface area contributed by atoms with Gasteiger partial charge in [0.25, 0.3) is 17.4 Å². The van der Waals surface area contributed by atoms with Gasteiger partial charge in [-0.05, 0) is 53.8 Å². The highest BCUT2D eigenvalue weighted by Crippen LogP contribution is 2.41. The van der Waals surface area contributed by atoms with E-state index in [1.807, 2.05) is 20.8 Å². The number of nitro benzene ring substituents is 1. The van der Waals surface area contributed by atoms with Crippen LogP contribution in [0, 0.1) is 23.0 Å². The Labute approximate surface area is 214 Å². The molecule has 0 aliphatic carbocycles. The zero-order valence-electron chi connectivity index (χ0n) is 20.7. The molecule has 1 N–H and O–H groups in total. The van der Waals surface area contributed by atoms with E-state index in [1.54, 1.807) is 48.8 Å². The van der Waals surface area contributed by atoms with E-state index < -0.39 is 22.7 Å². The molecule has 1 amide bonds. The smallest absolute Gasteiger partial charge is 0.295 e. The van der Waals surface area contributed by atoms with E-state index in [-0.39, 0.29) is 23.6 Å². The van der Waals surface area contributed by atoms with Crippen LogP contribution in [0.5, 0.6) is 5.75 Å². The van der Waals surface area contributed by atoms with E-state index in [0.717, 1.165) is 5.56 Å². The number of non-ortho nitro benzene ring substituents is 1. The summed E-state index contributed by atoms with van der Waals surface area (Å²) in [6, 6.07) is 13.2. The highest BCUT2D eigenvalue weighted by atomic mass is 16.6. The summed E-state index contributed by atoms with van der Waals surface area (Å²) in [6.07, 6.45) is 3.16. The van der Waals surface area contributed by atoms with Crippen molar-refractivity contribution in [2.45, 2.75) is 33.4 Å². The van der Waals surface area contributed by atoms with Crippen molar-refractivity contribution in [2.75, 3.05) is 6.61 Å². The van der Waals surface area contributed by atoms with Crippen molar-refractivity contribution < 1.29 is 24.4 Å². The van der Waals surface area contributed by atoms with Crippen LogP contribution in [0.15, 0.2) is 72.6 Å². The average molecular weight is 502 g/mol. The zero-order chi connectivity index (χ0) is 26.7. The normalized spacial score (nSPS) is 16.9. The summed E-state index contributed by atoms with van der Waals surface area (Å²) >= 11 is 0. The second-order valence-electron chi connectivity index (χ2n) is 9.33. The summed E-state index contributed by atoms with van der Waals surface area (Å²) in [5.41, 5.74) is 1.77. The molecule has 3 aromatic rings. The van der Waals surface area contributed by atoms with Crippen molar-refractivity contribution in [1.82, 2.24) is 9.88 Å². The lowest BCUT2D eigenvalue weighted by Crippen LogP contribution is -2.29. The fourth-order valence-electron chi connectivity index (χ4n) is 4.26. The molecule has 9 heteroatoms. The molecule has 1 atom stereocenters. The molecule has 9 nitrogen and oxygen atoms in total. The first-order chi connectivity index (χ1) is 17.7. The summed E-state index contributed by atoms with van der Waals surface area (Å²) in [6.45, 7) is 6.45. The van der Waals surface area contributed by atoms with Crippen LogP contribution in [0.4, 0.5) is 5.69 Å². The Bertz CT molecular complexity index is 1380. The van der Waals surface area contributed by atoms with E-state index in [1.165, 1.54) is 23.1 Å². The topological polar surface area (TPSA) is 123 Å². The molecule has 0 unspecified atom stereocenters. The van der Waals surface area contributed by atoms with Crippen molar-refractivity contribution in [2.24, 2.45) is 5.92 Å². The number of hydrogen-bond acceptors (Lipinski definition) is 7. The number of ether oxygens (including phenoxy) is 1. The highest BCUT2D eigenvalue weighted by molar-refractivity contribution is 6.46. The molecule has 1 aliphatic heterocycles. The average Bonchev–Trinajstić information content (AvgIpc) is 3.13. The second-order valence-corrected chi connectivity index (χ2v) is 9.33. The Morgan fingerprint density at radius 3 is 2.59 bits per heavy atom. The number of aromatic nitrogens is 1. The number of hydrogen-bond donors (Lipinski definition) is 1. The maximum absolute atomic E-state index is 13.3. The van der Waals surface area contributed by atoms with E-state index in [2.05, 4.69) is 4.98 Å². The number of amides is 1. The lowest BCUT2D eigenvalue weighted by molar-refractivity contribution is -0.384. The predicted molar refractivity (Wildman–Crippen MR) is 137 cm³/mol. The molecular weight excluding hydrogens is 474 g/mol. The number of Topliss-reactive ketones (excluding diaryl/α,β-unsaturated/α-hetero) is 1. The van der Waals surface area contributed by atoms with Gasteiger partial charge in [0.15, 0.2) is 0 Å². The molecule has 0 spiro atoms. The van der Waals surface area contributed by atoms with Gasteiger partial charge in [-0.2, -0.15) is 0 Å². The van der Waals surface area contributed by atoms with E-state index >= 15 is 0 Å². The van der Waals surface area contributed by atoms with Crippen LogP contribution in [0.2, 0.25) is 0 Å². The van der Waals surface area contributed by atoms with Gasteiger partial charge in [-0.25, -0.2) is 0 Å². The third-order valence-electron chi connectivity index (χ3n) is 6.03. The number of ketones is 1. The van der Waals surface area contributed by atoms with Crippen molar-refractivity contribution in [1.29, 1.82) is 0 Å². The molecular formula is C28H27N3O6. The fourth-order valence-corrected chi connectivity index (χ4v) is 4.26.